The molecule has 0 aromatic carbocycles. The summed E-state index contributed by atoms with van der Waals surface area (Å²) in [6.07, 6.45) is 55.5. The molecule has 0 aromatic rings. The fourth-order valence-corrected chi connectivity index (χ4v) is 6.04. The predicted molar refractivity (Wildman–Crippen MR) is 220 cm³/mol. The molecule has 3 N–H and O–H groups in total. The number of carbonyl (C=O) groups excluding carboxylic acids is 1. The molecule has 0 heterocycles. The molecule has 2 unspecified atom stereocenters. The van der Waals surface area contributed by atoms with E-state index >= 15 is 0 Å². The lowest BCUT2D eigenvalue weighted by Gasteiger charge is -2.20. The Morgan fingerprint density at radius 1 is 0.549 bits per heavy atom. The van der Waals surface area contributed by atoms with E-state index in [0.717, 1.165) is 51.4 Å². The summed E-state index contributed by atoms with van der Waals surface area (Å²) in [4.78, 5) is 12.5. The monoisotopic (exact) mass is 728 g/mol. The van der Waals surface area contributed by atoms with Gasteiger partial charge in [0.2, 0.25) is 5.91 Å². The molecule has 0 radical (unpaired) electrons. The van der Waals surface area contributed by atoms with Gasteiger partial charge in [-0.2, -0.15) is 8.42 Å². The largest absolute Gasteiger partial charge is 0.387 e. The smallest absolute Gasteiger partial charge is 0.267 e. The highest BCUT2D eigenvalue weighted by Crippen LogP contribution is 2.12. The van der Waals surface area contributed by atoms with E-state index in [2.05, 4.69) is 92.1 Å². The first kappa shape index (κ1) is 48.3. The Morgan fingerprint density at radius 2 is 0.961 bits per heavy atom. The van der Waals surface area contributed by atoms with Crippen molar-refractivity contribution in [2.45, 2.75) is 167 Å². The van der Waals surface area contributed by atoms with Gasteiger partial charge < -0.3 is 10.4 Å². The van der Waals surface area contributed by atoms with Gasteiger partial charge in [-0.15, -0.1) is 0 Å². The number of hydrogen-bond acceptors (Lipinski definition) is 4. The highest BCUT2D eigenvalue weighted by atomic mass is 32.2. The van der Waals surface area contributed by atoms with Crippen LogP contribution in [-0.4, -0.2) is 41.9 Å². The summed E-state index contributed by atoms with van der Waals surface area (Å²) in [6.45, 7) is 4.40. The number of nitrogens with one attached hydrogen (secondary N) is 1. The van der Waals surface area contributed by atoms with Crippen LogP contribution in [0.15, 0.2) is 97.2 Å². The number of carbonyl (C=O) groups is 1. The van der Waals surface area contributed by atoms with E-state index in [0.29, 0.717) is 12.8 Å². The number of aliphatic hydroxyl groups excluding tert-OH is 1. The van der Waals surface area contributed by atoms with Gasteiger partial charge in [-0.3, -0.25) is 9.35 Å². The molecule has 290 valence electrons. The molecule has 1 amide bonds. The predicted octanol–water partition coefficient (Wildman–Crippen LogP) is 11.8. The van der Waals surface area contributed by atoms with Crippen LogP contribution in [0.25, 0.3) is 0 Å². The summed E-state index contributed by atoms with van der Waals surface area (Å²) < 4.78 is 32.4. The van der Waals surface area contributed by atoms with Gasteiger partial charge in [0.1, 0.15) is 0 Å². The number of hydrogen-bond donors (Lipinski definition) is 3. The molecule has 6 nitrogen and oxygen atoms in total. The van der Waals surface area contributed by atoms with Gasteiger partial charge in [0, 0.05) is 6.42 Å². The van der Waals surface area contributed by atoms with Crippen LogP contribution >= 0.6 is 0 Å². The van der Waals surface area contributed by atoms with Crippen molar-refractivity contribution in [3.63, 3.8) is 0 Å². The van der Waals surface area contributed by atoms with Crippen molar-refractivity contribution >= 4 is 16.0 Å². The molecular weight excluding hydrogens is 655 g/mol. The lowest BCUT2D eigenvalue weighted by Crippen LogP contribution is -2.46. The van der Waals surface area contributed by atoms with Crippen molar-refractivity contribution in [1.29, 1.82) is 0 Å². The van der Waals surface area contributed by atoms with E-state index in [9.17, 15) is 22.9 Å². The van der Waals surface area contributed by atoms with Crippen molar-refractivity contribution in [1.82, 2.24) is 5.32 Å². The highest BCUT2D eigenvalue weighted by molar-refractivity contribution is 7.85. The molecule has 51 heavy (non-hydrogen) atoms. The minimum atomic E-state index is -4.38. The lowest BCUT2D eigenvalue weighted by molar-refractivity contribution is -0.122. The van der Waals surface area contributed by atoms with Gasteiger partial charge >= 0.3 is 0 Å². The molecule has 0 saturated heterocycles. The van der Waals surface area contributed by atoms with Gasteiger partial charge in [-0.25, -0.2) is 0 Å². The van der Waals surface area contributed by atoms with Crippen molar-refractivity contribution in [2.75, 3.05) is 5.75 Å². The Bertz CT molecular complexity index is 1160. The van der Waals surface area contributed by atoms with Crippen molar-refractivity contribution in [2.24, 2.45) is 0 Å². The van der Waals surface area contributed by atoms with Crippen molar-refractivity contribution in [3.8, 4) is 0 Å². The highest BCUT2D eigenvalue weighted by Gasteiger charge is 2.24. The van der Waals surface area contributed by atoms with Crippen LogP contribution < -0.4 is 5.32 Å². The average Bonchev–Trinajstić information content (AvgIpc) is 3.09. The first-order valence-corrected chi connectivity index (χ1v) is 21.5. The van der Waals surface area contributed by atoms with E-state index in [-0.39, 0.29) is 12.3 Å². The van der Waals surface area contributed by atoms with E-state index in [1.54, 1.807) is 6.08 Å². The third-order valence-electron chi connectivity index (χ3n) is 8.26. The Balaban J connectivity index is 4.16. The summed E-state index contributed by atoms with van der Waals surface area (Å²) in [5.41, 5.74) is 0. The van der Waals surface area contributed by atoms with Crippen molar-refractivity contribution < 1.29 is 22.9 Å². The lowest BCUT2D eigenvalue weighted by atomic mass is 10.1. The number of amides is 1. The molecule has 0 aliphatic heterocycles. The standard InChI is InChI=1S/C44H73NO5S/c1-3-5-7-9-11-13-15-17-19-21-22-24-26-28-30-32-34-36-38-40-44(47)45-42(41-51(48,49)50)43(46)39-37-35-33-31-29-27-25-23-20-18-16-14-12-10-8-6-4-2/h5,7,11,13,17,19,22,24,28-31,34,36-37,39,42-43,46H,3-4,6,8-10,12,14-16,18,20-21,23,25-27,32-33,35,38,40-41H2,1-2H3,(H,45,47)(H,48,49,50)/b7-5-,13-11-,19-17-,24-22-,30-28-,31-29+,36-34-,39-37+. The number of rotatable bonds is 34. The number of aliphatic hydroxyl groups is 1. The summed E-state index contributed by atoms with van der Waals surface area (Å²) in [6, 6.07) is -1.12. The Morgan fingerprint density at radius 3 is 1.45 bits per heavy atom. The Kier molecular flexibility index (Phi) is 35.0. The van der Waals surface area contributed by atoms with Crippen LogP contribution in [0.2, 0.25) is 0 Å². The van der Waals surface area contributed by atoms with Crippen LogP contribution in [0.5, 0.6) is 0 Å². The zero-order valence-corrected chi connectivity index (χ0v) is 33.0. The van der Waals surface area contributed by atoms with Gasteiger partial charge in [0.25, 0.3) is 10.1 Å². The van der Waals surface area contributed by atoms with Crippen LogP contribution in [-0.2, 0) is 14.9 Å². The van der Waals surface area contributed by atoms with Gasteiger partial charge in [-0.1, -0.05) is 175 Å². The van der Waals surface area contributed by atoms with Crippen molar-refractivity contribution in [3.05, 3.63) is 97.2 Å². The fraction of sp³-hybridized carbons (Fsp3) is 0.614. The van der Waals surface area contributed by atoms with E-state index in [1.807, 2.05) is 12.2 Å². The van der Waals surface area contributed by atoms with E-state index < -0.39 is 28.0 Å². The molecule has 0 rings (SSSR count). The minimum absolute atomic E-state index is 0.157. The zero-order valence-electron chi connectivity index (χ0n) is 32.2. The van der Waals surface area contributed by atoms with Gasteiger partial charge in [0.15, 0.2) is 0 Å². The maximum atomic E-state index is 12.5. The zero-order chi connectivity index (χ0) is 37.5. The molecular formula is C44H73NO5S. The third kappa shape index (κ3) is 38.3. The third-order valence-corrected chi connectivity index (χ3v) is 9.04. The number of allylic oxidation sites excluding steroid dienone is 15. The van der Waals surface area contributed by atoms with Gasteiger partial charge in [0.05, 0.1) is 17.9 Å². The molecule has 0 aromatic heterocycles. The molecule has 2 atom stereocenters. The summed E-state index contributed by atoms with van der Waals surface area (Å²) >= 11 is 0. The second kappa shape index (κ2) is 37.0. The summed E-state index contributed by atoms with van der Waals surface area (Å²) in [7, 11) is -4.38. The van der Waals surface area contributed by atoms with Gasteiger partial charge in [-0.05, 0) is 70.6 Å². The second-order valence-corrected chi connectivity index (χ2v) is 14.7. The van der Waals surface area contributed by atoms with Crippen LogP contribution in [0.3, 0.4) is 0 Å². The second-order valence-electron chi connectivity index (χ2n) is 13.2. The molecule has 0 spiro atoms. The SMILES string of the molecule is CC/C=C\C/C=C\C/C=C\C/C=C\C/C=C\C/C=C\CCC(=O)NC(CS(=O)(=O)O)C(O)/C=C/CC/C=C/CCCCCCCCCCCCC. The summed E-state index contributed by atoms with van der Waals surface area (Å²) in [5, 5.41) is 13.1. The Hall–Kier alpha value is -2.74. The maximum Gasteiger partial charge on any atom is 0.267 e. The Labute approximate surface area is 313 Å². The molecule has 7 heteroatoms. The molecule has 0 aliphatic carbocycles. The molecule has 0 saturated carbocycles. The minimum Gasteiger partial charge on any atom is -0.387 e. The first-order valence-electron chi connectivity index (χ1n) is 19.9. The van der Waals surface area contributed by atoms with Crippen LogP contribution in [0.4, 0.5) is 0 Å². The topological polar surface area (TPSA) is 104 Å². The molecule has 0 fully saturated rings. The molecule has 0 aliphatic rings. The molecule has 0 bridgehead atoms. The van der Waals surface area contributed by atoms with Crippen LogP contribution in [0, 0.1) is 0 Å². The summed E-state index contributed by atoms with van der Waals surface area (Å²) in [5.74, 6) is -1.12. The van der Waals surface area contributed by atoms with E-state index in [1.165, 1.54) is 76.7 Å². The first-order chi connectivity index (χ1) is 24.8. The van der Waals surface area contributed by atoms with Crippen LogP contribution in [0.1, 0.15) is 155 Å². The normalized spacial score (nSPS) is 14.4. The maximum absolute atomic E-state index is 12.5. The number of unbranched alkanes of at least 4 members (excludes halogenated alkanes) is 12. The average molecular weight is 728 g/mol. The fourth-order valence-electron chi connectivity index (χ4n) is 5.31. The quantitative estimate of drug-likeness (QED) is 0.0348. The van der Waals surface area contributed by atoms with E-state index in [4.69, 9.17) is 0 Å².